The Morgan fingerprint density at radius 2 is 1.97 bits per heavy atom. The summed E-state index contributed by atoms with van der Waals surface area (Å²) < 4.78 is 10.7. The number of benzene rings is 1. The fourth-order valence-corrected chi connectivity index (χ4v) is 5.38. The molecular weight excluding hydrogens is 444 g/mol. The van der Waals surface area contributed by atoms with Crippen LogP contribution in [-0.4, -0.2) is 79.7 Å². The first-order valence-electron chi connectivity index (χ1n) is 12.0. The molecule has 3 heterocycles. The summed E-state index contributed by atoms with van der Waals surface area (Å²) in [4.78, 5) is 5.99. The predicted octanol–water partition coefficient (Wildman–Crippen LogP) is 3.86. The molecule has 34 heavy (non-hydrogen) atoms. The number of nitrogens with zero attached hydrogens (tertiary/aromatic N) is 3. The third-order valence-corrected chi connectivity index (χ3v) is 7.36. The topological polar surface area (TPSA) is 53.6 Å². The highest BCUT2D eigenvalue weighted by Gasteiger charge is 2.26. The second-order valence-corrected chi connectivity index (χ2v) is 9.84. The molecule has 1 fully saturated rings. The summed E-state index contributed by atoms with van der Waals surface area (Å²) >= 11 is 1.65. The van der Waals surface area contributed by atoms with Crippen LogP contribution in [-0.2, 0) is 22.4 Å². The van der Waals surface area contributed by atoms with Crippen molar-refractivity contribution in [3.05, 3.63) is 51.2 Å². The lowest BCUT2D eigenvalue weighted by Gasteiger charge is -2.32. The molecule has 0 atom stereocenters. The second kappa shape index (κ2) is 10.9. The number of rotatable bonds is 8. The lowest BCUT2D eigenvalue weighted by atomic mass is 10.0. The first kappa shape index (κ1) is 23.3. The molecule has 178 valence electrons. The highest BCUT2D eigenvalue weighted by molar-refractivity contribution is 7.11. The SMILES string of the molecule is CCOCCOCC#Cc1cc(-c2n[nH]c3c2Cc2cc(CN4CCN(C)CC4)ccc2-3)cs1. The van der Waals surface area contributed by atoms with Crippen LogP contribution in [0.5, 0.6) is 0 Å². The molecule has 0 spiro atoms. The van der Waals surface area contributed by atoms with Gasteiger partial charge in [0.2, 0.25) is 0 Å². The molecule has 1 saturated heterocycles. The van der Waals surface area contributed by atoms with Crippen molar-refractivity contribution in [3.8, 4) is 34.4 Å². The summed E-state index contributed by atoms with van der Waals surface area (Å²) in [7, 11) is 2.20. The van der Waals surface area contributed by atoms with Gasteiger partial charge in [-0.3, -0.25) is 10.00 Å². The van der Waals surface area contributed by atoms with Gasteiger partial charge in [0.25, 0.3) is 0 Å². The average molecular weight is 477 g/mol. The van der Waals surface area contributed by atoms with Crippen molar-refractivity contribution in [2.45, 2.75) is 19.9 Å². The van der Waals surface area contributed by atoms with E-state index in [0.29, 0.717) is 26.4 Å². The Labute approximate surface area is 205 Å². The van der Waals surface area contributed by atoms with Gasteiger partial charge in [-0.2, -0.15) is 5.10 Å². The second-order valence-electron chi connectivity index (χ2n) is 8.92. The van der Waals surface area contributed by atoms with Gasteiger partial charge in [0.1, 0.15) is 6.61 Å². The van der Waals surface area contributed by atoms with E-state index in [0.717, 1.165) is 61.0 Å². The van der Waals surface area contributed by atoms with E-state index in [1.54, 1.807) is 11.3 Å². The van der Waals surface area contributed by atoms with Gasteiger partial charge in [0.05, 0.1) is 29.5 Å². The van der Waals surface area contributed by atoms with E-state index in [9.17, 15) is 0 Å². The largest absolute Gasteiger partial charge is 0.379 e. The molecule has 1 aromatic carbocycles. The molecule has 2 aromatic heterocycles. The van der Waals surface area contributed by atoms with Crippen molar-refractivity contribution >= 4 is 11.3 Å². The van der Waals surface area contributed by atoms with Crippen molar-refractivity contribution in [3.63, 3.8) is 0 Å². The lowest BCUT2D eigenvalue weighted by Crippen LogP contribution is -2.43. The summed E-state index contributed by atoms with van der Waals surface area (Å²) in [5.74, 6) is 6.30. The summed E-state index contributed by atoms with van der Waals surface area (Å²) in [6, 6.07) is 9.07. The van der Waals surface area contributed by atoms with Crippen LogP contribution in [0.4, 0.5) is 0 Å². The minimum atomic E-state index is 0.421. The normalized spacial score (nSPS) is 15.7. The smallest absolute Gasteiger partial charge is 0.108 e. The number of piperazine rings is 1. The minimum absolute atomic E-state index is 0.421. The number of ether oxygens (including phenoxy) is 2. The fraction of sp³-hybridized carbons (Fsp3) is 0.444. The van der Waals surface area contributed by atoms with E-state index in [1.807, 2.05) is 6.92 Å². The van der Waals surface area contributed by atoms with Crippen LogP contribution < -0.4 is 0 Å². The van der Waals surface area contributed by atoms with Gasteiger partial charge < -0.3 is 14.4 Å². The van der Waals surface area contributed by atoms with Crippen LogP contribution in [0.1, 0.15) is 28.5 Å². The van der Waals surface area contributed by atoms with E-state index in [4.69, 9.17) is 9.47 Å². The Balaban J connectivity index is 1.23. The van der Waals surface area contributed by atoms with Crippen LogP contribution in [0.2, 0.25) is 0 Å². The molecular formula is C27H32N4O2S. The third kappa shape index (κ3) is 5.27. The quantitative estimate of drug-likeness (QED) is 0.309. The predicted molar refractivity (Wildman–Crippen MR) is 137 cm³/mol. The van der Waals surface area contributed by atoms with Crippen molar-refractivity contribution < 1.29 is 9.47 Å². The Morgan fingerprint density at radius 1 is 1.12 bits per heavy atom. The highest BCUT2D eigenvalue weighted by Crippen LogP contribution is 2.41. The van der Waals surface area contributed by atoms with E-state index in [2.05, 4.69) is 68.5 Å². The monoisotopic (exact) mass is 476 g/mol. The highest BCUT2D eigenvalue weighted by atomic mass is 32.1. The minimum Gasteiger partial charge on any atom is -0.379 e. The zero-order valence-electron chi connectivity index (χ0n) is 20.0. The van der Waals surface area contributed by atoms with E-state index >= 15 is 0 Å². The van der Waals surface area contributed by atoms with Crippen LogP contribution in [0, 0.1) is 11.8 Å². The number of thiophene rings is 1. The van der Waals surface area contributed by atoms with Crippen LogP contribution >= 0.6 is 11.3 Å². The summed E-state index contributed by atoms with van der Waals surface area (Å²) in [5, 5.41) is 10.1. The van der Waals surface area contributed by atoms with Crippen LogP contribution in [0.25, 0.3) is 22.5 Å². The molecule has 0 saturated carbocycles. The van der Waals surface area contributed by atoms with Gasteiger partial charge in [-0.15, -0.1) is 11.3 Å². The van der Waals surface area contributed by atoms with Crippen molar-refractivity contribution in [1.29, 1.82) is 0 Å². The van der Waals surface area contributed by atoms with E-state index in [-0.39, 0.29) is 0 Å². The molecule has 1 aliphatic heterocycles. The summed E-state index contributed by atoms with van der Waals surface area (Å²) in [6.45, 7) is 9.93. The Hall–Kier alpha value is -2.47. The average Bonchev–Trinajstić information content (AvgIpc) is 3.55. The molecule has 7 heteroatoms. The van der Waals surface area contributed by atoms with Crippen molar-refractivity contribution in [2.24, 2.45) is 0 Å². The number of aromatic nitrogens is 2. The Morgan fingerprint density at radius 3 is 2.82 bits per heavy atom. The maximum absolute atomic E-state index is 5.48. The van der Waals surface area contributed by atoms with Gasteiger partial charge >= 0.3 is 0 Å². The zero-order valence-corrected chi connectivity index (χ0v) is 20.8. The maximum Gasteiger partial charge on any atom is 0.108 e. The third-order valence-electron chi connectivity index (χ3n) is 6.51. The molecule has 0 radical (unpaired) electrons. The van der Waals surface area contributed by atoms with Gasteiger partial charge in [-0.05, 0) is 31.2 Å². The molecule has 0 unspecified atom stereocenters. The first-order chi connectivity index (χ1) is 16.7. The van der Waals surface area contributed by atoms with Crippen molar-refractivity contribution in [1.82, 2.24) is 20.0 Å². The van der Waals surface area contributed by atoms with Crippen LogP contribution in [0.15, 0.2) is 29.6 Å². The van der Waals surface area contributed by atoms with Gasteiger partial charge in [-0.1, -0.05) is 30.0 Å². The molecule has 1 aliphatic carbocycles. The van der Waals surface area contributed by atoms with Gasteiger partial charge in [0.15, 0.2) is 0 Å². The molecule has 0 bridgehead atoms. The fourth-order valence-electron chi connectivity index (χ4n) is 4.62. The van der Waals surface area contributed by atoms with Gasteiger partial charge in [-0.25, -0.2) is 0 Å². The number of H-pyrrole nitrogens is 1. The molecule has 5 rings (SSSR count). The van der Waals surface area contributed by atoms with Gasteiger partial charge in [0, 0.05) is 67.8 Å². The zero-order chi connectivity index (χ0) is 23.3. The number of hydrogen-bond acceptors (Lipinski definition) is 6. The number of nitrogens with one attached hydrogen (secondary N) is 1. The summed E-state index contributed by atoms with van der Waals surface area (Å²) in [6.07, 6.45) is 0.928. The Kier molecular flexibility index (Phi) is 7.43. The number of hydrogen-bond donors (Lipinski definition) is 1. The standard InChI is InChI=1S/C27H32N4O2S/c1-3-32-13-14-33-12-4-5-23-16-22(19-34-23)26-25-17-21-15-20(6-7-24(21)27(25)29-28-26)18-31-10-8-30(2)9-11-31/h6-7,15-16,19H,3,8-14,17-18H2,1-2H3,(H,28,29). The molecule has 0 amide bonds. The molecule has 3 aromatic rings. The summed E-state index contributed by atoms with van der Waals surface area (Å²) in [5.41, 5.74) is 8.73. The van der Waals surface area contributed by atoms with Crippen molar-refractivity contribution in [2.75, 3.05) is 59.7 Å². The number of aromatic amines is 1. The number of likely N-dealkylation sites (N-methyl/N-ethyl adjacent to an activating group) is 1. The van der Waals surface area contributed by atoms with E-state index in [1.165, 1.54) is 22.3 Å². The maximum atomic E-state index is 5.48. The number of fused-ring (bicyclic) bond motifs is 3. The molecule has 2 aliphatic rings. The molecule has 6 nitrogen and oxygen atoms in total. The van der Waals surface area contributed by atoms with E-state index < -0.39 is 0 Å². The van der Waals surface area contributed by atoms with Crippen LogP contribution in [0.3, 0.4) is 0 Å². The Bertz CT molecular complexity index is 1180. The molecule has 1 N–H and O–H groups in total. The first-order valence-corrected chi connectivity index (χ1v) is 12.9. The lowest BCUT2D eigenvalue weighted by molar-refractivity contribution is 0.0662.